The van der Waals surface area contributed by atoms with Crippen LogP contribution in [0.4, 0.5) is 0 Å². The van der Waals surface area contributed by atoms with Gasteiger partial charge in [0.2, 0.25) is 0 Å². The number of pyridine rings is 1. The molecule has 0 atom stereocenters. The van der Waals surface area contributed by atoms with Gasteiger partial charge >= 0.3 is 0 Å². The van der Waals surface area contributed by atoms with Gasteiger partial charge in [-0.2, -0.15) is 0 Å². The second-order valence-corrected chi connectivity index (χ2v) is 1.96. The van der Waals surface area contributed by atoms with Crippen molar-refractivity contribution in [3.8, 4) is 5.75 Å². The average molecular weight is 131 g/mol. The van der Waals surface area contributed by atoms with Gasteiger partial charge in [-0.05, 0) is 12.1 Å². The molecular weight excluding hydrogens is 126 g/mol. The van der Waals surface area contributed by atoms with Crippen LogP contribution < -0.4 is 4.74 Å². The summed E-state index contributed by atoms with van der Waals surface area (Å²) in [5.74, 6) is 0.841. The molecule has 2 nitrogen and oxygen atoms in total. The van der Waals surface area contributed by atoms with E-state index >= 15 is 0 Å². The normalized spacial score (nSPS) is 12.4. The Morgan fingerprint density at radius 1 is 1.50 bits per heavy atom. The van der Waals surface area contributed by atoms with Crippen LogP contribution in [0.3, 0.4) is 0 Å². The fraction of sp³-hybridized carbons (Fsp3) is 0. The molecule has 10 heavy (non-hydrogen) atoms. The minimum Gasteiger partial charge on any atom is -0.456 e. The van der Waals surface area contributed by atoms with Crippen LogP contribution in [0.2, 0.25) is 0 Å². The highest BCUT2D eigenvalue weighted by atomic mass is 16.5. The fourth-order valence-corrected chi connectivity index (χ4v) is 0.831. The van der Waals surface area contributed by atoms with E-state index in [9.17, 15) is 0 Å². The molecule has 0 radical (unpaired) electrons. The van der Waals surface area contributed by atoms with Crippen molar-refractivity contribution >= 4 is 6.08 Å². The number of aromatic nitrogens is 1. The lowest BCUT2D eigenvalue weighted by Crippen LogP contribution is -1.88. The Morgan fingerprint density at radius 2 is 2.50 bits per heavy atom. The lowest BCUT2D eigenvalue weighted by molar-refractivity contribution is 0.478. The summed E-state index contributed by atoms with van der Waals surface area (Å²) < 4.78 is 5.12. The first-order valence-corrected chi connectivity index (χ1v) is 2.98. The van der Waals surface area contributed by atoms with Gasteiger partial charge in [0, 0.05) is 18.0 Å². The number of nitrogens with zero attached hydrogens (tertiary/aromatic N) is 1. The predicted octanol–water partition coefficient (Wildman–Crippen LogP) is 1.60. The molecule has 1 aliphatic rings. The molecule has 0 N–H and O–H groups in total. The maximum Gasteiger partial charge on any atom is 0.138 e. The van der Waals surface area contributed by atoms with E-state index in [0.29, 0.717) is 0 Å². The molecule has 0 saturated heterocycles. The minimum atomic E-state index is 0.841. The first-order valence-electron chi connectivity index (χ1n) is 2.98. The average Bonchev–Trinajstić information content (AvgIpc) is 2.05. The van der Waals surface area contributed by atoms with Crippen LogP contribution in [0.25, 0.3) is 6.08 Å². The van der Waals surface area contributed by atoms with Gasteiger partial charge < -0.3 is 4.74 Å². The summed E-state index contributed by atoms with van der Waals surface area (Å²) >= 11 is 0. The van der Waals surface area contributed by atoms with Gasteiger partial charge in [0.25, 0.3) is 0 Å². The monoisotopic (exact) mass is 131 g/mol. The number of rotatable bonds is 0. The van der Waals surface area contributed by atoms with E-state index in [1.54, 1.807) is 12.4 Å². The van der Waals surface area contributed by atoms with E-state index < -0.39 is 0 Å². The lowest BCUT2D eigenvalue weighted by Gasteiger charge is -2.04. The molecule has 2 rings (SSSR count). The third-order valence-corrected chi connectivity index (χ3v) is 1.30. The van der Waals surface area contributed by atoms with E-state index in [-0.39, 0.29) is 0 Å². The molecule has 48 valence electrons. The second-order valence-electron chi connectivity index (χ2n) is 1.96. The SMILES string of the molecule is C1=COc2ccncc2C=1. The van der Waals surface area contributed by atoms with Crippen molar-refractivity contribution in [2.45, 2.75) is 0 Å². The van der Waals surface area contributed by atoms with Gasteiger partial charge in [-0.3, -0.25) is 4.98 Å². The van der Waals surface area contributed by atoms with Crippen molar-refractivity contribution in [1.82, 2.24) is 4.98 Å². The van der Waals surface area contributed by atoms with E-state index in [2.05, 4.69) is 10.7 Å². The number of hydrogen-bond donors (Lipinski definition) is 0. The van der Waals surface area contributed by atoms with Crippen molar-refractivity contribution in [2.75, 3.05) is 0 Å². The summed E-state index contributed by atoms with van der Waals surface area (Å²) in [6, 6.07) is 1.82. The van der Waals surface area contributed by atoms with Crippen molar-refractivity contribution in [1.29, 1.82) is 0 Å². The Labute approximate surface area is 58.5 Å². The molecule has 1 aromatic heterocycles. The fourth-order valence-electron chi connectivity index (χ4n) is 0.831. The van der Waals surface area contributed by atoms with Crippen molar-refractivity contribution in [2.24, 2.45) is 0 Å². The zero-order chi connectivity index (χ0) is 6.81. The quantitative estimate of drug-likeness (QED) is 0.499. The number of hydrogen-bond acceptors (Lipinski definition) is 2. The summed E-state index contributed by atoms with van der Waals surface area (Å²) in [6.45, 7) is 0. The molecule has 0 fully saturated rings. The molecular formula is C8H5NO. The molecule has 1 aromatic rings. The largest absolute Gasteiger partial charge is 0.456 e. The first-order chi connectivity index (χ1) is 4.97. The van der Waals surface area contributed by atoms with Crippen molar-refractivity contribution < 1.29 is 4.74 Å². The van der Waals surface area contributed by atoms with Crippen LogP contribution in [-0.4, -0.2) is 4.98 Å². The van der Waals surface area contributed by atoms with Crippen LogP contribution in [0.1, 0.15) is 5.56 Å². The van der Waals surface area contributed by atoms with Crippen LogP contribution in [0, 0.1) is 0 Å². The smallest absolute Gasteiger partial charge is 0.138 e. The van der Waals surface area contributed by atoms with Gasteiger partial charge in [-0.15, -0.1) is 0 Å². The second kappa shape index (κ2) is 2.01. The Morgan fingerprint density at radius 3 is 3.40 bits per heavy atom. The first kappa shape index (κ1) is 5.27. The van der Waals surface area contributed by atoms with Crippen LogP contribution in [-0.2, 0) is 0 Å². The molecule has 0 spiro atoms. The van der Waals surface area contributed by atoms with Crippen LogP contribution >= 0.6 is 0 Å². The van der Waals surface area contributed by atoms with E-state index in [0.717, 1.165) is 11.3 Å². The Bertz CT molecular complexity index is 311. The highest BCUT2D eigenvalue weighted by Crippen LogP contribution is 2.19. The van der Waals surface area contributed by atoms with Gasteiger partial charge in [0.15, 0.2) is 0 Å². The van der Waals surface area contributed by atoms with E-state index in [1.807, 2.05) is 12.1 Å². The minimum absolute atomic E-state index is 0.841. The number of fused-ring (bicyclic) bond motifs is 1. The molecule has 1 aliphatic heterocycles. The molecule has 0 saturated carbocycles. The summed E-state index contributed by atoms with van der Waals surface area (Å²) in [6.07, 6.45) is 6.81. The predicted molar refractivity (Wildman–Crippen MR) is 37.4 cm³/mol. The summed E-state index contributed by atoms with van der Waals surface area (Å²) in [7, 11) is 0. The van der Waals surface area contributed by atoms with Crippen molar-refractivity contribution in [3.63, 3.8) is 0 Å². The van der Waals surface area contributed by atoms with Gasteiger partial charge in [-0.25, -0.2) is 0 Å². The summed E-state index contributed by atoms with van der Waals surface area (Å²) in [5, 5.41) is 0. The summed E-state index contributed by atoms with van der Waals surface area (Å²) in [4.78, 5) is 3.93. The topological polar surface area (TPSA) is 22.1 Å². The maximum absolute atomic E-state index is 5.12. The van der Waals surface area contributed by atoms with Crippen LogP contribution in [0.15, 0.2) is 30.5 Å². The third-order valence-electron chi connectivity index (χ3n) is 1.30. The molecule has 0 aliphatic carbocycles. The lowest BCUT2D eigenvalue weighted by atomic mass is 10.2. The van der Waals surface area contributed by atoms with Crippen molar-refractivity contribution in [3.05, 3.63) is 36.0 Å². The molecule has 0 amide bonds. The zero-order valence-electron chi connectivity index (χ0n) is 5.24. The maximum atomic E-state index is 5.12. The number of ether oxygens (including phenoxy) is 1. The summed E-state index contributed by atoms with van der Waals surface area (Å²) in [5.41, 5.74) is 3.81. The van der Waals surface area contributed by atoms with Gasteiger partial charge in [-0.1, -0.05) is 5.73 Å². The Balaban J connectivity index is 2.63. The van der Waals surface area contributed by atoms with E-state index in [1.165, 1.54) is 6.26 Å². The molecule has 2 heterocycles. The Kier molecular flexibility index (Phi) is 1.06. The van der Waals surface area contributed by atoms with Gasteiger partial charge in [0.1, 0.15) is 12.0 Å². The third kappa shape index (κ3) is 0.714. The highest BCUT2D eigenvalue weighted by molar-refractivity contribution is 5.56. The highest BCUT2D eigenvalue weighted by Gasteiger charge is 1.99. The Hall–Kier alpha value is -1.53. The molecule has 0 unspecified atom stereocenters. The molecule has 2 heteroatoms. The zero-order valence-corrected chi connectivity index (χ0v) is 5.24. The van der Waals surface area contributed by atoms with Crippen LogP contribution in [0.5, 0.6) is 5.75 Å². The molecule has 0 bridgehead atoms. The van der Waals surface area contributed by atoms with E-state index in [4.69, 9.17) is 4.74 Å². The van der Waals surface area contributed by atoms with Gasteiger partial charge in [0.05, 0.1) is 0 Å². The standard InChI is InChI=1S/C8H5NO/c1-2-7-6-9-4-3-8(7)10-5-1/h2-6H. The molecule has 0 aromatic carbocycles.